The lowest BCUT2D eigenvalue weighted by atomic mass is 10.2. The van der Waals surface area contributed by atoms with Gasteiger partial charge < -0.3 is 15.5 Å². The first-order valence-electron chi connectivity index (χ1n) is 4.80. The quantitative estimate of drug-likeness (QED) is 0.534. The summed E-state index contributed by atoms with van der Waals surface area (Å²) >= 11 is 0. The molecule has 72 valence electrons. The molecule has 1 saturated carbocycles. The van der Waals surface area contributed by atoms with E-state index in [4.69, 9.17) is 10.2 Å². The second-order valence-corrected chi connectivity index (χ2v) is 3.64. The number of aliphatic hydroxyl groups is 2. The maximum absolute atomic E-state index is 9.04. The van der Waals surface area contributed by atoms with Crippen LogP contribution in [0.3, 0.4) is 0 Å². The maximum atomic E-state index is 9.04. The van der Waals surface area contributed by atoms with Crippen LogP contribution in [-0.4, -0.2) is 35.5 Å². The van der Waals surface area contributed by atoms with Crippen LogP contribution in [0.4, 0.5) is 0 Å². The van der Waals surface area contributed by atoms with Crippen molar-refractivity contribution in [1.29, 1.82) is 0 Å². The van der Waals surface area contributed by atoms with Gasteiger partial charge in [0.2, 0.25) is 0 Å². The number of aliphatic hydroxyl groups excluding tert-OH is 2. The molecule has 0 aromatic rings. The molecular formula is C9H19NO2. The van der Waals surface area contributed by atoms with E-state index >= 15 is 0 Å². The van der Waals surface area contributed by atoms with E-state index in [9.17, 15) is 0 Å². The molecular weight excluding hydrogens is 154 g/mol. The van der Waals surface area contributed by atoms with E-state index in [-0.39, 0.29) is 6.61 Å². The summed E-state index contributed by atoms with van der Waals surface area (Å²) in [5.74, 6) is 0.820. The standard InChI is InChI=1S/C9H19NO2/c1-2-3-7-4-9(7)10-5-8(12)6-11/h7-12H,2-6H2,1H3. The van der Waals surface area contributed by atoms with Gasteiger partial charge in [-0.25, -0.2) is 0 Å². The molecule has 0 aromatic carbocycles. The van der Waals surface area contributed by atoms with Crippen molar-refractivity contribution in [2.24, 2.45) is 5.92 Å². The topological polar surface area (TPSA) is 52.5 Å². The fraction of sp³-hybridized carbons (Fsp3) is 1.00. The fourth-order valence-electron chi connectivity index (χ4n) is 1.54. The summed E-state index contributed by atoms with van der Waals surface area (Å²) in [7, 11) is 0. The zero-order valence-electron chi connectivity index (χ0n) is 7.66. The molecule has 1 rings (SSSR count). The van der Waals surface area contributed by atoms with Crippen LogP contribution in [0.15, 0.2) is 0 Å². The SMILES string of the molecule is CCCC1CC1NCC(O)CO. The molecule has 0 aromatic heterocycles. The zero-order chi connectivity index (χ0) is 8.97. The number of hydrogen-bond donors (Lipinski definition) is 3. The molecule has 3 unspecified atom stereocenters. The molecule has 0 radical (unpaired) electrons. The third-order valence-electron chi connectivity index (χ3n) is 2.41. The van der Waals surface area contributed by atoms with Crippen molar-refractivity contribution >= 4 is 0 Å². The van der Waals surface area contributed by atoms with E-state index in [0.29, 0.717) is 12.6 Å². The van der Waals surface area contributed by atoms with E-state index in [0.717, 1.165) is 5.92 Å². The summed E-state index contributed by atoms with van der Waals surface area (Å²) in [4.78, 5) is 0. The number of nitrogens with one attached hydrogen (secondary N) is 1. The second kappa shape index (κ2) is 4.80. The summed E-state index contributed by atoms with van der Waals surface area (Å²) in [6.45, 7) is 2.58. The highest BCUT2D eigenvalue weighted by Gasteiger charge is 2.35. The molecule has 0 heterocycles. The zero-order valence-corrected chi connectivity index (χ0v) is 7.66. The van der Waals surface area contributed by atoms with Gasteiger partial charge in [-0.15, -0.1) is 0 Å². The lowest BCUT2D eigenvalue weighted by Crippen LogP contribution is -2.31. The van der Waals surface area contributed by atoms with Crippen LogP contribution >= 0.6 is 0 Å². The highest BCUT2D eigenvalue weighted by atomic mass is 16.3. The Morgan fingerprint density at radius 3 is 2.92 bits per heavy atom. The lowest BCUT2D eigenvalue weighted by molar-refractivity contribution is 0.0938. The van der Waals surface area contributed by atoms with Crippen molar-refractivity contribution in [3.05, 3.63) is 0 Å². The van der Waals surface area contributed by atoms with Crippen LogP contribution in [0, 0.1) is 5.92 Å². The van der Waals surface area contributed by atoms with Crippen LogP contribution in [0.25, 0.3) is 0 Å². The largest absolute Gasteiger partial charge is 0.394 e. The predicted octanol–water partition coefficient (Wildman–Crippen LogP) is 0.118. The van der Waals surface area contributed by atoms with Crippen LogP contribution in [0.2, 0.25) is 0 Å². The third-order valence-corrected chi connectivity index (χ3v) is 2.41. The van der Waals surface area contributed by atoms with E-state index in [1.807, 2.05) is 0 Å². The molecule has 3 atom stereocenters. The monoisotopic (exact) mass is 173 g/mol. The molecule has 12 heavy (non-hydrogen) atoms. The molecule has 0 bridgehead atoms. The van der Waals surface area contributed by atoms with Crippen LogP contribution in [-0.2, 0) is 0 Å². The van der Waals surface area contributed by atoms with Gasteiger partial charge in [-0.2, -0.15) is 0 Å². The van der Waals surface area contributed by atoms with Gasteiger partial charge in [0.05, 0.1) is 12.7 Å². The Labute approximate surface area is 73.8 Å². The van der Waals surface area contributed by atoms with E-state index < -0.39 is 6.10 Å². The average Bonchev–Trinajstić information content (AvgIpc) is 2.80. The predicted molar refractivity (Wildman–Crippen MR) is 47.9 cm³/mol. The average molecular weight is 173 g/mol. The van der Waals surface area contributed by atoms with Gasteiger partial charge in [0, 0.05) is 12.6 Å². The summed E-state index contributed by atoms with van der Waals surface area (Å²) in [5.41, 5.74) is 0. The molecule has 0 amide bonds. The Hall–Kier alpha value is -0.120. The summed E-state index contributed by atoms with van der Waals surface area (Å²) in [6, 6.07) is 0.603. The molecule has 0 spiro atoms. The van der Waals surface area contributed by atoms with E-state index in [2.05, 4.69) is 12.2 Å². The maximum Gasteiger partial charge on any atom is 0.0895 e. The normalized spacial score (nSPS) is 30.2. The van der Waals surface area contributed by atoms with Crippen molar-refractivity contribution in [2.45, 2.75) is 38.3 Å². The highest BCUT2D eigenvalue weighted by molar-refractivity contribution is 4.92. The summed E-state index contributed by atoms with van der Waals surface area (Å²) in [5, 5.41) is 20.8. The van der Waals surface area contributed by atoms with Crippen LogP contribution in [0.5, 0.6) is 0 Å². The molecule has 3 N–H and O–H groups in total. The van der Waals surface area contributed by atoms with Crippen molar-refractivity contribution in [3.8, 4) is 0 Å². The van der Waals surface area contributed by atoms with Crippen molar-refractivity contribution in [2.75, 3.05) is 13.2 Å². The molecule has 1 aliphatic rings. The Balaban J connectivity index is 1.96. The van der Waals surface area contributed by atoms with Crippen molar-refractivity contribution in [3.63, 3.8) is 0 Å². The minimum atomic E-state index is -0.590. The second-order valence-electron chi connectivity index (χ2n) is 3.64. The van der Waals surface area contributed by atoms with Gasteiger partial charge in [-0.05, 0) is 18.8 Å². The fourth-order valence-corrected chi connectivity index (χ4v) is 1.54. The lowest BCUT2D eigenvalue weighted by Gasteiger charge is -2.07. The van der Waals surface area contributed by atoms with E-state index in [1.54, 1.807) is 0 Å². The van der Waals surface area contributed by atoms with E-state index in [1.165, 1.54) is 19.3 Å². The van der Waals surface area contributed by atoms with Crippen molar-refractivity contribution in [1.82, 2.24) is 5.32 Å². The minimum Gasteiger partial charge on any atom is -0.394 e. The van der Waals surface area contributed by atoms with Gasteiger partial charge in [0.15, 0.2) is 0 Å². The number of rotatable bonds is 6. The van der Waals surface area contributed by atoms with Gasteiger partial charge >= 0.3 is 0 Å². The first-order valence-corrected chi connectivity index (χ1v) is 4.80. The van der Waals surface area contributed by atoms with Gasteiger partial charge in [-0.1, -0.05) is 13.3 Å². The van der Waals surface area contributed by atoms with Crippen LogP contribution < -0.4 is 5.32 Å². The molecule has 0 saturated heterocycles. The Bertz CT molecular complexity index is 130. The number of hydrogen-bond acceptors (Lipinski definition) is 3. The molecule has 0 aliphatic heterocycles. The summed E-state index contributed by atoms with van der Waals surface area (Å²) in [6.07, 6.45) is 3.18. The minimum absolute atomic E-state index is 0.141. The molecule has 3 heteroatoms. The van der Waals surface area contributed by atoms with Crippen LogP contribution in [0.1, 0.15) is 26.2 Å². The Morgan fingerprint density at radius 2 is 2.33 bits per heavy atom. The summed E-state index contributed by atoms with van der Waals surface area (Å²) < 4.78 is 0. The molecule has 1 aliphatic carbocycles. The van der Waals surface area contributed by atoms with Gasteiger partial charge in [-0.3, -0.25) is 0 Å². The van der Waals surface area contributed by atoms with Gasteiger partial charge in [0.25, 0.3) is 0 Å². The molecule has 1 fully saturated rings. The first kappa shape index (κ1) is 9.96. The van der Waals surface area contributed by atoms with Crippen molar-refractivity contribution < 1.29 is 10.2 Å². The third kappa shape index (κ3) is 3.09. The highest BCUT2D eigenvalue weighted by Crippen LogP contribution is 2.34. The molecule has 3 nitrogen and oxygen atoms in total. The smallest absolute Gasteiger partial charge is 0.0895 e. The Kier molecular flexibility index (Phi) is 3.98. The van der Waals surface area contributed by atoms with Gasteiger partial charge in [0.1, 0.15) is 0 Å². The first-order chi connectivity index (χ1) is 5.77. The Morgan fingerprint density at radius 1 is 1.58 bits per heavy atom.